The Balaban J connectivity index is 2.47. The zero-order valence-electron chi connectivity index (χ0n) is 10.8. The summed E-state index contributed by atoms with van der Waals surface area (Å²) in [5, 5.41) is 5.41. The number of rotatable bonds is 1. The third kappa shape index (κ3) is 5.56. The Morgan fingerprint density at radius 3 is 2.71 bits per heavy atom. The molecule has 1 atom stereocenters. The second-order valence-corrected chi connectivity index (χ2v) is 5.34. The summed E-state index contributed by atoms with van der Waals surface area (Å²) >= 11 is 0. The summed E-state index contributed by atoms with van der Waals surface area (Å²) in [5.74, 6) is -0.115. The second kappa shape index (κ2) is 5.89. The molecule has 2 amide bonds. The average molecular weight is 242 g/mol. The van der Waals surface area contributed by atoms with Gasteiger partial charge in [0, 0.05) is 6.54 Å². The third-order valence-electron chi connectivity index (χ3n) is 2.48. The molecule has 1 heterocycles. The first-order chi connectivity index (χ1) is 7.88. The lowest BCUT2D eigenvalue weighted by Crippen LogP contribution is -2.49. The number of hydrogen-bond donors (Lipinski definition) is 2. The van der Waals surface area contributed by atoms with E-state index in [9.17, 15) is 9.59 Å². The lowest BCUT2D eigenvalue weighted by atomic mass is 10.1. The predicted octanol–water partition coefficient (Wildman–Crippen LogP) is 1.57. The Kier molecular flexibility index (Phi) is 4.78. The van der Waals surface area contributed by atoms with Gasteiger partial charge in [-0.25, -0.2) is 4.79 Å². The fourth-order valence-corrected chi connectivity index (χ4v) is 1.70. The lowest BCUT2D eigenvalue weighted by Gasteiger charge is -2.24. The topological polar surface area (TPSA) is 67.4 Å². The van der Waals surface area contributed by atoms with Crippen molar-refractivity contribution >= 4 is 12.0 Å². The maximum atomic E-state index is 11.7. The van der Waals surface area contributed by atoms with E-state index in [1.807, 2.05) is 0 Å². The normalized spacial score (nSPS) is 22.1. The molecular weight excluding hydrogens is 220 g/mol. The van der Waals surface area contributed by atoms with Gasteiger partial charge < -0.3 is 15.4 Å². The van der Waals surface area contributed by atoms with Gasteiger partial charge in [-0.3, -0.25) is 4.79 Å². The summed E-state index contributed by atoms with van der Waals surface area (Å²) in [5.41, 5.74) is -0.540. The minimum atomic E-state index is -0.540. The Bertz CT molecular complexity index is 284. The molecule has 1 rings (SSSR count). The van der Waals surface area contributed by atoms with Crippen LogP contribution in [0, 0.1) is 0 Å². The monoisotopic (exact) mass is 242 g/mol. The number of carbonyl (C=O) groups is 2. The third-order valence-corrected chi connectivity index (χ3v) is 2.48. The summed E-state index contributed by atoms with van der Waals surface area (Å²) in [4.78, 5) is 23.2. The molecule has 5 nitrogen and oxygen atoms in total. The highest BCUT2D eigenvalue weighted by Crippen LogP contribution is 2.10. The first kappa shape index (κ1) is 13.8. The molecule has 2 N–H and O–H groups in total. The zero-order valence-corrected chi connectivity index (χ0v) is 10.8. The smallest absolute Gasteiger partial charge is 0.408 e. The van der Waals surface area contributed by atoms with E-state index < -0.39 is 17.7 Å². The molecule has 1 aliphatic rings. The second-order valence-electron chi connectivity index (χ2n) is 5.34. The number of amides is 2. The molecule has 98 valence electrons. The van der Waals surface area contributed by atoms with Crippen LogP contribution in [0.2, 0.25) is 0 Å². The molecule has 17 heavy (non-hydrogen) atoms. The van der Waals surface area contributed by atoms with Crippen LogP contribution < -0.4 is 10.6 Å². The Labute approximate surface area is 102 Å². The van der Waals surface area contributed by atoms with Gasteiger partial charge in [-0.1, -0.05) is 12.8 Å². The van der Waals surface area contributed by atoms with Gasteiger partial charge in [0.15, 0.2) is 0 Å². The van der Waals surface area contributed by atoms with Crippen LogP contribution in [0.5, 0.6) is 0 Å². The molecule has 0 aromatic heterocycles. The fourth-order valence-electron chi connectivity index (χ4n) is 1.70. The molecule has 0 bridgehead atoms. The fraction of sp³-hybridized carbons (Fsp3) is 0.833. The van der Waals surface area contributed by atoms with Crippen LogP contribution in [-0.4, -0.2) is 30.2 Å². The number of carbonyl (C=O) groups excluding carboxylic acids is 2. The van der Waals surface area contributed by atoms with Gasteiger partial charge in [0.2, 0.25) is 5.91 Å². The summed E-state index contributed by atoms with van der Waals surface area (Å²) < 4.78 is 5.13. The van der Waals surface area contributed by atoms with E-state index in [4.69, 9.17) is 4.74 Å². The van der Waals surface area contributed by atoms with E-state index in [-0.39, 0.29) is 5.91 Å². The van der Waals surface area contributed by atoms with Crippen LogP contribution in [-0.2, 0) is 9.53 Å². The summed E-state index contributed by atoms with van der Waals surface area (Å²) in [6, 6.07) is -0.467. The van der Waals surface area contributed by atoms with Gasteiger partial charge in [0.1, 0.15) is 11.6 Å². The standard InChI is InChI=1S/C12H22N2O3/c1-12(2,3)17-11(16)14-9-7-5-4-6-8-13-10(9)15/h9H,4-8H2,1-3H3,(H,13,15)(H,14,16). The van der Waals surface area contributed by atoms with Gasteiger partial charge >= 0.3 is 6.09 Å². The van der Waals surface area contributed by atoms with Gasteiger partial charge in [0.25, 0.3) is 0 Å². The van der Waals surface area contributed by atoms with Crippen molar-refractivity contribution in [1.82, 2.24) is 10.6 Å². The van der Waals surface area contributed by atoms with Crippen molar-refractivity contribution in [2.75, 3.05) is 6.54 Å². The molecule has 0 aromatic rings. The molecule has 5 heteroatoms. The van der Waals surface area contributed by atoms with E-state index in [0.29, 0.717) is 13.0 Å². The van der Waals surface area contributed by atoms with Crippen molar-refractivity contribution in [1.29, 1.82) is 0 Å². The van der Waals surface area contributed by atoms with Crippen LogP contribution in [0.3, 0.4) is 0 Å². The van der Waals surface area contributed by atoms with Crippen LogP contribution in [0.1, 0.15) is 46.5 Å². The zero-order chi connectivity index (χ0) is 12.9. The van der Waals surface area contributed by atoms with Crippen molar-refractivity contribution in [3.63, 3.8) is 0 Å². The molecule has 1 aliphatic heterocycles. The Morgan fingerprint density at radius 1 is 1.35 bits per heavy atom. The van der Waals surface area contributed by atoms with E-state index in [0.717, 1.165) is 19.3 Å². The van der Waals surface area contributed by atoms with Crippen molar-refractivity contribution in [3.05, 3.63) is 0 Å². The number of ether oxygens (including phenoxy) is 1. The minimum absolute atomic E-state index is 0.115. The lowest BCUT2D eigenvalue weighted by molar-refractivity contribution is -0.123. The van der Waals surface area contributed by atoms with Gasteiger partial charge in [-0.15, -0.1) is 0 Å². The maximum absolute atomic E-state index is 11.7. The van der Waals surface area contributed by atoms with Crippen molar-refractivity contribution in [3.8, 4) is 0 Å². The first-order valence-corrected chi connectivity index (χ1v) is 6.16. The Hall–Kier alpha value is -1.26. The molecule has 0 radical (unpaired) electrons. The van der Waals surface area contributed by atoms with Crippen LogP contribution >= 0.6 is 0 Å². The molecule has 1 unspecified atom stereocenters. The summed E-state index contributed by atoms with van der Waals surface area (Å²) in [7, 11) is 0. The van der Waals surface area contributed by atoms with Crippen LogP contribution in [0.25, 0.3) is 0 Å². The first-order valence-electron chi connectivity index (χ1n) is 6.16. The van der Waals surface area contributed by atoms with Gasteiger partial charge in [0.05, 0.1) is 0 Å². The largest absolute Gasteiger partial charge is 0.444 e. The van der Waals surface area contributed by atoms with Crippen molar-refractivity contribution in [2.45, 2.75) is 58.1 Å². The quantitative estimate of drug-likeness (QED) is 0.733. The highest BCUT2D eigenvalue weighted by Gasteiger charge is 2.24. The molecule has 0 aromatic carbocycles. The van der Waals surface area contributed by atoms with E-state index >= 15 is 0 Å². The van der Waals surface area contributed by atoms with Crippen LogP contribution in [0.15, 0.2) is 0 Å². The highest BCUT2D eigenvalue weighted by molar-refractivity contribution is 5.85. The van der Waals surface area contributed by atoms with Crippen molar-refractivity contribution < 1.29 is 14.3 Å². The van der Waals surface area contributed by atoms with Gasteiger partial charge in [-0.2, -0.15) is 0 Å². The van der Waals surface area contributed by atoms with E-state index in [2.05, 4.69) is 10.6 Å². The van der Waals surface area contributed by atoms with Crippen LogP contribution in [0.4, 0.5) is 4.79 Å². The van der Waals surface area contributed by atoms with E-state index in [1.54, 1.807) is 20.8 Å². The number of nitrogens with one attached hydrogen (secondary N) is 2. The average Bonchev–Trinajstić information content (AvgIpc) is 2.15. The minimum Gasteiger partial charge on any atom is -0.444 e. The molecule has 0 aliphatic carbocycles. The maximum Gasteiger partial charge on any atom is 0.408 e. The number of alkyl carbamates (subject to hydrolysis) is 1. The molecule has 1 fully saturated rings. The summed E-state index contributed by atoms with van der Waals surface area (Å²) in [6.07, 6.45) is 3.18. The number of hydrogen-bond acceptors (Lipinski definition) is 3. The molecular formula is C12H22N2O3. The van der Waals surface area contributed by atoms with Gasteiger partial charge in [-0.05, 0) is 33.6 Å². The molecule has 0 saturated carbocycles. The Morgan fingerprint density at radius 2 is 2.06 bits per heavy atom. The predicted molar refractivity (Wildman–Crippen MR) is 64.6 cm³/mol. The SMILES string of the molecule is CC(C)(C)OC(=O)NC1CCCCCNC1=O. The molecule has 0 spiro atoms. The molecule has 1 saturated heterocycles. The van der Waals surface area contributed by atoms with E-state index in [1.165, 1.54) is 0 Å². The summed E-state index contributed by atoms with van der Waals surface area (Å²) in [6.45, 7) is 6.08. The van der Waals surface area contributed by atoms with Crippen molar-refractivity contribution in [2.24, 2.45) is 0 Å². The highest BCUT2D eigenvalue weighted by atomic mass is 16.6.